The summed E-state index contributed by atoms with van der Waals surface area (Å²) < 4.78 is 25.7. The van der Waals surface area contributed by atoms with Gasteiger partial charge in [-0.3, -0.25) is 19.8 Å². The Morgan fingerprint density at radius 3 is 2.67 bits per heavy atom. The first kappa shape index (κ1) is 23.6. The lowest BCUT2D eigenvalue weighted by atomic mass is 10.1. The van der Waals surface area contributed by atoms with Crippen LogP contribution in [0.5, 0.6) is 17.2 Å². The van der Waals surface area contributed by atoms with E-state index in [0.717, 1.165) is 0 Å². The van der Waals surface area contributed by atoms with Gasteiger partial charge in [-0.15, -0.1) is 0 Å². The maximum atomic E-state index is 14.6. The molecule has 33 heavy (non-hydrogen) atoms. The highest BCUT2D eigenvalue weighted by Crippen LogP contribution is 2.31. The molecule has 0 saturated carbocycles. The van der Waals surface area contributed by atoms with Crippen LogP contribution in [0.1, 0.15) is 26.5 Å². The first-order valence-corrected chi connectivity index (χ1v) is 10.2. The molecular formula is C24H26FN5O3. The van der Waals surface area contributed by atoms with Gasteiger partial charge in [0.15, 0.2) is 0 Å². The van der Waals surface area contributed by atoms with E-state index in [9.17, 15) is 9.18 Å². The molecule has 0 saturated heterocycles. The molecule has 2 heterocycles. The number of hydrogen-bond acceptors (Lipinski definition) is 7. The summed E-state index contributed by atoms with van der Waals surface area (Å²) in [4.78, 5) is 24.9. The van der Waals surface area contributed by atoms with Crippen molar-refractivity contribution < 1.29 is 18.7 Å². The van der Waals surface area contributed by atoms with E-state index in [0.29, 0.717) is 28.1 Å². The second kappa shape index (κ2) is 10.1. The number of amides is 1. The molecule has 8 nitrogen and oxygen atoms in total. The van der Waals surface area contributed by atoms with Crippen LogP contribution in [-0.2, 0) is 11.2 Å². The summed E-state index contributed by atoms with van der Waals surface area (Å²) >= 11 is 0. The van der Waals surface area contributed by atoms with E-state index in [1.807, 2.05) is 20.8 Å². The third-order valence-corrected chi connectivity index (χ3v) is 4.41. The number of nitrogens with one attached hydrogen (secondary N) is 1. The summed E-state index contributed by atoms with van der Waals surface area (Å²) in [5.41, 5.74) is 6.21. The SMILES string of the molecule is COc1ccc2nccc(Oc3cnc(CC(=O)N/C(C=NC(C)(C)C)=C/N)c(F)c3)c2c1. The van der Waals surface area contributed by atoms with Crippen molar-refractivity contribution in [3.05, 3.63) is 66.1 Å². The number of aliphatic imine (C=N–C) groups is 1. The Kier molecular flexibility index (Phi) is 7.22. The van der Waals surface area contributed by atoms with Crippen LogP contribution in [-0.4, -0.2) is 34.7 Å². The number of nitrogens with two attached hydrogens (primary N) is 1. The highest BCUT2D eigenvalue weighted by atomic mass is 19.1. The zero-order chi connectivity index (χ0) is 24.0. The highest BCUT2D eigenvalue weighted by Gasteiger charge is 2.14. The number of aromatic nitrogens is 2. The Balaban J connectivity index is 1.72. The van der Waals surface area contributed by atoms with Crippen molar-refractivity contribution >= 4 is 23.0 Å². The Bertz CT molecular complexity index is 1220. The molecule has 1 amide bonds. The van der Waals surface area contributed by atoms with E-state index in [1.54, 1.807) is 37.6 Å². The summed E-state index contributed by atoms with van der Waals surface area (Å²) in [7, 11) is 1.57. The zero-order valence-corrected chi connectivity index (χ0v) is 18.9. The molecule has 0 radical (unpaired) electrons. The second-order valence-corrected chi connectivity index (χ2v) is 8.17. The fraction of sp³-hybridized carbons (Fsp3) is 0.250. The van der Waals surface area contributed by atoms with Crippen LogP contribution in [0.3, 0.4) is 0 Å². The predicted molar refractivity (Wildman–Crippen MR) is 125 cm³/mol. The number of rotatable bonds is 7. The standard InChI is InChI=1S/C24H26FN5O3/c1-24(2,3)29-13-15(12-26)30-23(31)11-21-19(25)10-17(14-28-21)33-22-7-8-27-20-6-5-16(32-4)9-18(20)22/h5-10,12-14H,11,26H2,1-4H3,(H,30,31)/b15-12+,29-13?. The number of fused-ring (bicyclic) bond motifs is 1. The van der Waals surface area contributed by atoms with Gasteiger partial charge in [-0.2, -0.15) is 0 Å². The minimum atomic E-state index is -0.666. The van der Waals surface area contributed by atoms with Gasteiger partial charge in [0.2, 0.25) is 5.91 Å². The van der Waals surface area contributed by atoms with Gasteiger partial charge in [-0.25, -0.2) is 4.39 Å². The van der Waals surface area contributed by atoms with Crippen molar-refractivity contribution in [2.75, 3.05) is 7.11 Å². The summed E-state index contributed by atoms with van der Waals surface area (Å²) in [6, 6.07) is 8.23. The first-order valence-electron chi connectivity index (χ1n) is 10.2. The summed E-state index contributed by atoms with van der Waals surface area (Å²) in [5, 5.41) is 3.30. The number of pyridine rings is 2. The number of nitrogens with zero attached hydrogens (tertiary/aromatic N) is 3. The number of hydrogen-bond donors (Lipinski definition) is 2. The van der Waals surface area contributed by atoms with Gasteiger partial charge in [0.25, 0.3) is 0 Å². The van der Waals surface area contributed by atoms with Gasteiger partial charge in [0.05, 0.1) is 42.2 Å². The van der Waals surface area contributed by atoms with E-state index in [4.69, 9.17) is 15.2 Å². The molecule has 3 N–H and O–H groups in total. The van der Waals surface area contributed by atoms with Crippen molar-refractivity contribution in [1.29, 1.82) is 0 Å². The van der Waals surface area contributed by atoms with Crippen LogP contribution in [0.15, 0.2) is 59.6 Å². The van der Waals surface area contributed by atoms with E-state index in [1.165, 1.54) is 24.7 Å². The van der Waals surface area contributed by atoms with E-state index in [-0.39, 0.29) is 23.4 Å². The molecule has 0 unspecified atom stereocenters. The highest BCUT2D eigenvalue weighted by molar-refractivity contribution is 5.89. The monoisotopic (exact) mass is 451 g/mol. The normalized spacial score (nSPS) is 12.2. The third-order valence-electron chi connectivity index (χ3n) is 4.41. The Morgan fingerprint density at radius 1 is 1.21 bits per heavy atom. The lowest BCUT2D eigenvalue weighted by molar-refractivity contribution is -0.119. The molecule has 0 spiro atoms. The largest absolute Gasteiger partial charge is 0.497 e. The fourth-order valence-corrected chi connectivity index (χ4v) is 2.82. The maximum absolute atomic E-state index is 14.6. The van der Waals surface area contributed by atoms with Crippen LogP contribution < -0.4 is 20.5 Å². The quantitative estimate of drug-likeness (QED) is 0.527. The van der Waals surface area contributed by atoms with Crippen molar-refractivity contribution in [3.63, 3.8) is 0 Å². The molecule has 3 rings (SSSR count). The van der Waals surface area contributed by atoms with E-state index < -0.39 is 11.7 Å². The number of allylic oxidation sites excluding steroid dienone is 1. The van der Waals surface area contributed by atoms with Gasteiger partial charge >= 0.3 is 0 Å². The summed E-state index contributed by atoms with van der Waals surface area (Å²) in [5.74, 6) is 0.164. The minimum Gasteiger partial charge on any atom is -0.497 e. The summed E-state index contributed by atoms with van der Waals surface area (Å²) in [6.45, 7) is 5.73. The van der Waals surface area contributed by atoms with Gasteiger partial charge in [-0.05, 0) is 45.0 Å². The maximum Gasteiger partial charge on any atom is 0.230 e. The molecule has 9 heteroatoms. The third kappa shape index (κ3) is 6.49. The van der Waals surface area contributed by atoms with E-state index in [2.05, 4.69) is 20.3 Å². The molecule has 0 aliphatic rings. The molecule has 2 aromatic heterocycles. The van der Waals surface area contributed by atoms with Crippen molar-refractivity contribution in [3.8, 4) is 17.2 Å². The lowest BCUT2D eigenvalue weighted by Gasteiger charge is -2.12. The molecule has 0 fully saturated rings. The molecule has 0 aliphatic carbocycles. The molecule has 1 aromatic carbocycles. The Labute approximate surface area is 191 Å². The average molecular weight is 452 g/mol. The molecule has 0 bridgehead atoms. The van der Waals surface area contributed by atoms with Crippen LogP contribution in [0.2, 0.25) is 0 Å². The van der Waals surface area contributed by atoms with Crippen LogP contribution in [0, 0.1) is 5.82 Å². The number of carbonyl (C=O) groups is 1. The summed E-state index contributed by atoms with van der Waals surface area (Å²) in [6.07, 6.45) is 5.37. The van der Waals surface area contributed by atoms with Crippen LogP contribution in [0.25, 0.3) is 10.9 Å². The molecular weight excluding hydrogens is 425 g/mol. The molecule has 0 aliphatic heterocycles. The number of carbonyl (C=O) groups excluding carboxylic acids is 1. The van der Waals surface area contributed by atoms with Gasteiger partial charge in [-0.1, -0.05) is 0 Å². The predicted octanol–water partition coefficient (Wildman–Crippen LogP) is 3.90. The van der Waals surface area contributed by atoms with Crippen LogP contribution in [0.4, 0.5) is 4.39 Å². The van der Waals surface area contributed by atoms with E-state index >= 15 is 0 Å². The average Bonchev–Trinajstić information content (AvgIpc) is 2.77. The van der Waals surface area contributed by atoms with Crippen molar-refractivity contribution in [2.45, 2.75) is 32.7 Å². The lowest BCUT2D eigenvalue weighted by Crippen LogP contribution is -2.27. The first-order chi connectivity index (χ1) is 15.7. The number of methoxy groups -OCH3 is 1. The van der Waals surface area contributed by atoms with Gasteiger partial charge in [0.1, 0.15) is 23.1 Å². The molecule has 172 valence electrons. The van der Waals surface area contributed by atoms with Gasteiger partial charge in [0, 0.05) is 30.1 Å². The van der Waals surface area contributed by atoms with Crippen molar-refractivity contribution in [1.82, 2.24) is 15.3 Å². The number of halogens is 1. The zero-order valence-electron chi connectivity index (χ0n) is 18.9. The number of benzene rings is 1. The van der Waals surface area contributed by atoms with Crippen LogP contribution >= 0.6 is 0 Å². The van der Waals surface area contributed by atoms with Gasteiger partial charge < -0.3 is 20.5 Å². The Hall–Kier alpha value is -4.01. The topological polar surface area (TPSA) is 112 Å². The molecule has 3 aromatic rings. The van der Waals surface area contributed by atoms with Crippen molar-refractivity contribution in [2.24, 2.45) is 10.7 Å². The number of ether oxygens (including phenoxy) is 2. The smallest absolute Gasteiger partial charge is 0.230 e. The Morgan fingerprint density at radius 2 is 2.00 bits per heavy atom. The molecule has 0 atom stereocenters. The fourth-order valence-electron chi connectivity index (χ4n) is 2.82. The minimum absolute atomic E-state index is 0.0229. The second-order valence-electron chi connectivity index (χ2n) is 8.17.